The molecule has 0 aliphatic heterocycles. The van der Waals surface area contributed by atoms with Crippen LogP contribution in [0.3, 0.4) is 0 Å². The lowest BCUT2D eigenvalue weighted by molar-refractivity contribution is 0.569. The lowest BCUT2D eigenvalue weighted by Crippen LogP contribution is -2.29. The van der Waals surface area contributed by atoms with Crippen LogP contribution in [0.5, 0.6) is 0 Å². The van der Waals surface area contributed by atoms with E-state index < -0.39 is 10.0 Å². The topological polar surface area (TPSA) is 51.1 Å². The zero-order valence-corrected chi connectivity index (χ0v) is 13.6. The fourth-order valence-electron chi connectivity index (χ4n) is 2.44. The third-order valence-electron chi connectivity index (χ3n) is 3.51. The van der Waals surface area contributed by atoms with Crippen LogP contribution in [-0.4, -0.2) is 19.5 Å². The summed E-state index contributed by atoms with van der Waals surface area (Å²) in [6, 6.07) is 11.7. The first kappa shape index (κ1) is 15.8. The maximum absolute atomic E-state index is 12.1. The summed E-state index contributed by atoms with van der Waals surface area (Å²) in [5.41, 5.74) is 4.17. The van der Waals surface area contributed by atoms with Gasteiger partial charge in [0.15, 0.2) is 0 Å². The maximum atomic E-state index is 12.1. The van der Waals surface area contributed by atoms with E-state index in [-0.39, 0.29) is 5.75 Å². The number of nitrogens with one attached hydrogen (secondary N) is 1. The van der Waals surface area contributed by atoms with E-state index in [1.54, 1.807) is 0 Å². The molecule has 0 spiro atoms. The summed E-state index contributed by atoms with van der Waals surface area (Å²) in [5.74, 6) is 0.0261. The molecule has 0 fully saturated rings. The molecular weight excluding hydrogens is 284 g/mol. The van der Waals surface area contributed by atoms with Gasteiger partial charge >= 0.3 is 0 Å². The molecule has 114 valence electrons. The summed E-state index contributed by atoms with van der Waals surface area (Å²) >= 11 is 0. The van der Waals surface area contributed by atoms with E-state index in [9.17, 15) is 8.42 Å². The van der Waals surface area contributed by atoms with Crippen molar-refractivity contribution in [3.05, 3.63) is 58.9 Å². The van der Waals surface area contributed by atoms with Crippen molar-refractivity contribution in [3.8, 4) is 0 Å². The van der Waals surface area contributed by atoms with E-state index in [0.717, 1.165) is 22.5 Å². The van der Waals surface area contributed by atoms with Crippen molar-refractivity contribution in [2.24, 2.45) is 0 Å². The van der Waals surface area contributed by atoms with Crippen LogP contribution in [-0.2, 0) is 22.3 Å². The third kappa shape index (κ3) is 4.44. The Morgan fingerprint density at radius 1 is 1.05 bits per heavy atom. The summed E-state index contributed by atoms with van der Waals surface area (Å²) in [5, 5.41) is 0. The average molecular weight is 306 g/mol. The zero-order valence-electron chi connectivity index (χ0n) is 12.8. The number of benzene rings is 1. The molecule has 0 saturated heterocycles. The predicted molar refractivity (Wildman–Crippen MR) is 85.7 cm³/mol. The summed E-state index contributed by atoms with van der Waals surface area (Å²) in [7, 11) is -3.29. The molecule has 0 aliphatic carbocycles. The SMILES string of the molecule is Cc1cccc(CS(=O)(=O)NCCn2c(C)ccc2C)c1. The minimum Gasteiger partial charge on any atom is -0.348 e. The molecule has 1 heterocycles. The number of nitrogens with zero attached hydrogens (tertiary/aromatic N) is 1. The van der Waals surface area contributed by atoms with E-state index >= 15 is 0 Å². The van der Waals surface area contributed by atoms with Gasteiger partial charge in [0.2, 0.25) is 10.0 Å². The summed E-state index contributed by atoms with van der Waals surface area (Å²) < 4.78 is 29.0. The fourth-order valence-corrected chi connectivity index (χ4v) is 3.56. The number of aryl methyl sites for hydroxylation is 3. The van der Waals surface area contributed by atoms with Crippen LogP contribution in [0, 0.1) is 20.8 Å². The number of sulfonamides is 1. The molecule has 0 unspecified atom stereocenters. The van der Waals surface area contributed by atoms with Gasteiger partial charge in [0.25, 0.3) is 0 Å². The quantitative estimate of drug-likeness (QED) is 0.891. The normalized spacial score (nSPS) is 11.8. The van der Waals surface area contributed by atoms with Crippen molar-refractivity contribution >= 4 is 10.0 Å². The molecule has 0 aliphatic rings. The molecule has 5 heteroatoms. The number of rotatable bonds is 6. The van der Waals surface area contributed by atoms with Gasteiger partial charge in [-0.15, -0.1) is 0 Å². The van der Waals surface area contributed by atoms with Gasteiger partial charge in [-0.3, -0.25) is 0 Å². The Morgan fingerprint density at radius 2 is 1.71 bits per heavy atom. The zero-order chi connectivity index (χ0) is 15.5. The highest BCUT2D eigenvalue weighted by Gasteiger charge is 2.11. The smallest absolute Gasteiger partial charge is 0.215 e. The molecular formula is C16H22N2O2S. The van der Waals surface area contributed by atoms with Gasteiger partial charge in [-0.1, -0.05) is 29.8 Å². The molecule has 1 aromatic heterocycles. The largest absolute Gasteiger partial charge is 0.348 e. The van der Waals surface area contributed by atoms with Crippen LogP contribution in [0.1, 0.15) is 22.5 Å². The van der Waals surface area contributed by atoms with Crippen molar-refractivity contribution in [2.45, 2.75) is 33.1 Å². The Kier molecular flexibility index (Phi) is 4.85. The highest BCUT2D eigenvalue weighted by Crippen LogP contribution is 2.09. The lowest BCUT2D eigenvalue weighted by Gasteiger charge is -2.11. The highest BCUT2D eigenvalue weighted by atomic mass is 32.2. The minimum atomic E-state index is -3.29. The van der Waals surface area contributed by atoms with E-state index in [1.165, 1.54) is 0 Å². The Morgan fingerprint density at radius 3 is 2.33 bits per heavy atom. The van der Waals surface area contributed by atoms with Crippen molar-refractivity contribution in [2.75, 3.05) is 6.54 Å². The van der Waals surface area contributed by atoms with Gasteiger partial charge in [0.05, 0.1) is 5.75 Å². The van der Waals surface area contributed by atoms with Gasteiger partial charge in [0, 0.05) is 24.5 Å². The summed E-state index contributed by atoms with van der Waals surface area (Å²) in [4.78, 5) is 0. The first-order chi connectivity index (χ1) is 9.87. The van der Waals surface area contributed by atoms with Crippen LogP contribution in [0.15, 0.2) is 36.4 Å². The monoisotopic (exact) mass is 306 g/mol. The second kappa shape index (κ2) is 6.45. The standard InChI is InChI=1S/C16H22N2O2S/c1-13-5-4-6-16(11-13)12-21(19,20)17-9-10-18-14(2)7-8-15(18)3/h4-8,11,17H,9-10,12H2,1-3H3. The Balaban J connectivity index is 1.93. The molecule has 2 rings (SSSR count). The van der Waals surface area contributed by atoms with E-state index in [1.807, 2.05) is 57.2 Å². The fraction of sp³-hybridized carbons (Fsp3) is 0.375. The Bertz CT molecular complexity index is 698. The number of hydrogen-bond acceptors (Lipinski definition) is 2. The second-order valence-electron chi connectivity index (χ2n) is 5.41. The molecule has 0 amide bonds. The van der Waals surface area contributed by atoms with Crippen molar-refractivity contribution in [1.82, 2.24) is 9.29 Å². The van der Waals surface area contributed by atoms with E-state index in [2.05, 4.69) is 9.29 Å². The average Bonchev–Trinajstić information content (AvgIpc) is 2.69. The van der Waals surface area contributed by atoms with Gasteiger partial charge in [-0.2, -0.15) is 0 Å². The molecule has 0 bridgehead atoms. The molecule has 0 radical (unpaired) electrons. The maximum Gasteiger partial charge on any atom is 0.215 e. The van der Waals surface area contributed by atoms with Crippen molar-refractivity contribution < 1.29 is 8.42 Å². The first-order valence-corrected chi connectivity index (χ1v) is 8.68. The molecule has 0 atom stereocenters. The molecule has 21 heavy (non-hydrogen) atoms. The summed E-state index contributed by atoms with van der Waals surface area (Å²) in [6.07, 6.45) is 0. The van der Waals surface area contributed by atoms with Crippen LogP contribution >= 0.6 is 0 Å². The lowest BCUT2D eigenvalue weighted by atomic mass is 10.2. The second-order valence-corrected chi connectivity index (χ2v) is 7.22. The molecule has 4 nitrogen and oxygen atoms in total. The van der Waals surface area contributed by atoms with Gasteiger partial charge in [-0.05, 0) is 38.5 Å². The van der Waals surface area contributed by atoms with Gasteiger partial charge in [0.1, 0.15) is 0 Å². The Labute approximate surface area is 126 Å². The molecule has 1 N–H and O–H groups in total. The van der Waals surface area contributed by atoms with E-state index in [0.29, 0.717) is 13.1 Å². The highest BCUT2D eigenvalue weighted by molar-refractivity contribution is 7.88. The molecule has 0 saturated carbocycles. The minimum absolute atomic E-state index is 0.0261. The Hall–Kier alpha value is -1.59. The van der Waals surface area contributed by atoms with Crippen molar-refractivity contribution in [3.63, 3.8) is 0 Å². The predicted octanol–water partition coefficient (Wildman–Crippen LogP) is 2.53. The van der Waals surface area contributed by atoms with Gasteiger partial charge in [-0.25, -0.2) is 13.1 Å². The molecule has 2 aromatic rings. The van der Waals surface area contributed by atoms with Crippen molar-refractivity contribution in [1.29, 1.82) is 0 Å². The summed E-state index contributed by atoms with van der Waals surface area (Å²) in [6.45, 7) is 7.06. The molecule has 1 aromatic carbocycles. The van der Waals surface area contributed by atoms with E-state index in [4.69, 9.17) is 0 Å². The number of hydrogen-bond donors (Lipinski definition) is 1. The van der Waals surface area contributed by atoms with Gasteiger partial charge < -0.3 is 4.57 Å². The third-order valence-corrected chi connectivity index (χ3v) is 4.87. The van der Waals surface area contributed by atoms with Crippen LogP contribution in [0.2, 0.25) is 0 Å². The number of aromatic nitrogens is 1. The van der Waals surface area contributed by atoms with Crippen LogP contribution < -0.4 is 4.72 Å². The first-order valence-electron chi connectivity index (χ1n) is 7.03. The van der Waals surface area contributed by atoms with Crippen LogP contribution in [0.25, 0.3) is 0 Å². The van der Waals surface area contributed by atoms with Crippen LogP contribution in [0.4, 0.5) is 0 Å².